The van der Waals surface area contributed by atoms with E-state index in [0.717, 1.165) is 18.4 Å². The molecule has 21 heavy (non-hydrogen) atoms. The van der Waals surface area contributed by atoms with Gasteiger partial charge in [0.25, 0.3) is 0 Å². The Kier molecular flexibility index (Phi) is 3.68. The number of rotatable bonds is 3. The van der Waals surface area contributed by atoms with E-state index in [0.29, 0.717) is 13.0 Å². The molecule has 0 spiro atoms. The second-order valence-electron chi connectivity index (χ2n) is 5.52. The number of ether oxygens (including phenoxy) is 2. The van der Waals surface area contributed by atoms with Crippen molar-refractivity contribution in [3.8, 4) is 0 Å². The molecule has 5 nitrogen and oxygen atoms in total. The molecule has 0 radical (unpaired) electrons. The van der Waals surface area contributed by atoms with Gasteiger partial charge in [-0.1, -0.05) is 30.3 Å². The summed E-state index contributed by atoms with van der Waals surface area (Å²) in [5.41, 5.74) is -0.218. The van der Waals surface area contributed by atoms with Crippen LogP contribution in [0.4, 0.5) is 4.79 Å². The summed E-state index contributed by atoms with van der Waals surface area (Å²) in [4.78, 5) is 26.0. The Labute approximate surface area is 123 Å². The minimum absolute atomic E-state index is 0.137. The Hall–Kier alpha value is -1.88. The van der Waals surface area contributed by atoms with E-state index in [4.69, 9.17) is 9.47 Å². The van der Waals surface area contributed by atoms with Crippen molar-refractivity contribution in [1.29, 1.82) is 0 Å². The summed E-state index contributed by atoms with van der Waals surface area (Å²) in [6.45, 7) is 2.23. The van der Waals surface area contributed by atoms with Crippen LogP contribution in [0.2, 0.25) is 0 Å². The fourth-order valence-corrected chi connectivity index (χ4v) is 3.16. The molecule has 1 aromatic carbocycles. The molecule has 0 aromatic heterocycles. The number of carbonyl (C=O) groups excluding carboxylic acids is 2. The molecule has 0 unspecified atom stereocenters. The molecule has 2 fully saturated rings. The van der Waals surface area contributed by atoms with E-state index in [1.165, 1.54) is 11.8 Å². The quantitative estimate of drug-likeness (QED) is 0.858. The second-order valence-corrected chi connectivity index (χ2v) is 5.52. The first-order valence-electron chi connectivity index (χ1n) is 7.31. The van der Waals surface area contributed by atoms with Crippen LogP contribution in [0.5, 0.6) is 0 Å². The lowest BCUT2D eigenvalue weighted by atomic mass is 9.94. The molecule has 2 heterocycles. The normalized spacial score (nSPS) is 29.3. The van der Waals surface area contributed by atoms with E-state index in [1.54, 1.807) is 0 Å². The lowest BCUT2D eigenvalue weighted by molar-refractivity contribution is -0.182. The highest BCUT2D eigenvalue weighted by atomic mass is 16.6. The second kappa shape index (κ2) is 5.48. The smallest absolute Gasteiger partial charge is 0.413 e. The number of ketones is 1. The van der Waals surface area contributed by atoms with Gasteiger partial charge in [0, 0.05) is 13.0 Å². The van der Waals surface area contributed by atoms with Crippen molar-refractivity contribution >= 4 is 11.9 Å². The Morgan fingerprint density at radius 3 is 2.67 bits per heavy atom. The Morgan fingerprint density at radius 2 is 2.05 bits per heavy atom. The summed E-state index contributed by atoms with van der Waals surface area (Å²) >= 11 is 0. The molecule has 0 bridgehead atoms. The number of nitrogens with zero attached hydrogens (tertiary/aromatic N) is 1. The molecule has 2 aliphatic rings. The number of amides is 1. The van der Waals surface area contributed by atoms with Crippen molar-refractivity contribution in [2.45, 2.75) is 38.0 Å². The number of carbonyl (C=O) groups is 2. The third-order valence-electron chi connectivity index (χ3n) is 4.25. The van der Waals surface area contributed by atoms with Crippen molar-refractivity contribution in [1.82, 2.24) is 4.90 Å². The van der Waals surface area contributed by atoms with E-state index in [2.05, 4.69) is 0 Å². The van der Waals surface area contributed by atoms with Crippen molar-refractivity contribution in [2.24, 2.45) is 0 Å². The summed E-state index contributed by atoms with van der Waals surface area (Å²) in [6, 6.07) is 9.35. The first kappa shape index (κ1) is 14.1. The van der Waals surface area contributed by atoms with Crippen molar-refractivity contribution in [2.75, 3.05) is 13.2 Å². The minimum atomic E-state index is -1.17. The molecule has 0 N–H and O–H groups in total. The van der Waals surface area contributed by atoms with Crippen LogP contribution >= 0.6 is 0 Å². The van der Waals surface area contributed by atoms with Crippen LogP contribution in [-0.4, -0.2) is 35.7 Å². The van der Waals surface area contributed by atoms with Crippen LogP contribution in [0, 0.1) is 0 Å². The Balaban J connectivity index is 2.00. The van der Waals surface area contributed by atoms with Gasteiger partial charge in [0.1, 0.15) is 6.61 Å². The van der Waals surface area contributed by atoms with Gasteiger partial charge in [0.05, 0.1) is 6.04 Å². The Bertz CT molecular complexity index is 536. The maximum atomic E-state index is 12.3. The average Bonchev–Trinajstić information content (AvgIpc) is 2.91. The lowest BCUT2D eigenvalue weighted by Gasteiger charge is -2.43. The number of hydrogen-bond acceptors (Lipinski definition) is 4. The van der Waals surface area contributed by atoms with Gasteiger partial charge in [-0.2, -0.15) is 0 Å². The van der Waals surface area contributed by atoms with Crippen molar-refractivity contribution in [3.05, 3.63) is 35.9 Å². The predicted octanol–water partition coefficient (Wildman–Crippen LogP) is 2.67. The van der Waals surface area contributed by atoms with Crippen LogP contribution in [0.1, 0.15) is 37.8 Å². The van der Waals surface area contributed by atoms with Gasteiger partial charge in [-0.25, -0.2) is 4.79 Å². The largest absolute Gasteiger partial charge is 0.447 e. The summed E-state index contributed by atoms with van der Waals surface area (Å²) in [5, 5.41) is 0. The van der Waals surface area contributed by atoms with Gasteiger partial charge < -0.3 is 9.47 Å². The first-order chi connectivity index (χ1) is 10.1. The molecule has 5 heteroatoms. The van der Waals surface area contributed by atoms with Gasteiger partial charge in [0.2, 0.25) is 5.72 Å². The summed E-state index contributed by atoms with van der Waals surface area (Å²) in [6.07, 6.45) is 1.83. The molecular formula is C16H19NO4. The Morgan fingerprint density at radius 1 is 1.29 bits per heavy atom. The van der Waals surface area contributed by atoms with E-state index >= 15 is 0 Å². The lowest BCUT2D eigenvalue weighted by Crippen LogP contribution is -2.58. The summed E-state index contributed by atoms with van der Waals surface area (Å²) in [5.74, 6) is -0.137. The van der Waals surface area contributed by atoms with Crippen molar-refractivity contribution in [3.63, 3.8) is 0 Å². The highest BCUT2D eigenvalue weighted by molar-refractivity contribution is 5.89. The zero-order valence-electron chi connectivity index (χ0n) is 12.1. The highest BCUT2D eigenvalue weighted by Crippen LogP contribution is 2.40. The van der Waals surface area contributed by atoms with Crippen molar-refractivity contribution < 1.29 is 19.1 Å². The third-order valence-corrected chi connectivity index (χ3v) is 4.25. The maximum absolute atomic E-state index is 12.3. The van der Waals surface area contributed by atoms with E-state index in [9.17, 15) is 9.59 Å². The zero-order valence-corrected chi connectivity index (χ0v) is 12.1. The van der Waals surface area contributed by atoms with E-state index in [-0.39, 0.29) is 18.4 Å². The number of benzene rings is 1. The molecule has 2 saturated heterocycles. The van der Waals surface area contributed by atoms with Gasteiger partial charge in [-0.3, -0.25) is 9.69 Å². The third kappa shape index (κ3) is 2.31. The number of hydrogen-bond donors (Lipinski definition) is 0. The van der Waals surface area contributed by atoms with Crippen LogP contribution in [0.25, 0.3) is 0 Å². The molecule has 3 rings (SSSR count). The van der Waals surface area contributed by atoms with Gasteiger partial charge in [-0.15, -0.1) is 0 Å². The van der Waals surface area contributed by atoms with E-state index in [1.807, 2.05) is 30.3 Å². The van der Waals surface area contributed by atoms with Crippen LogP contribution in [0.15, 0.2) is 30.3 Å². The minimum Gasteiger partial charge on any atom is -0.447 e. The molecule has 112 valence electrons. The summed E-state index contributed by atoms with van der Waals surface area (Å²) < 4.78 is 11.0. The summed E-state index contributed by atoms with van der Waals surface area (Å²) in [7, 11) is 0. The molecular weight excluding hydrogens is 270 g/mol. The molecule has 2 atom stereocenters. The van der Waals surface area contributed by atoms with E-state index < -0.39 is 11.8 Å². The monoisotopic (exact) mass is 289 g/mol. The highest BCUT2D eigenvalue weighted by Gasteiger charge is 2.53. The first-order valence-corrected chi connectivity index (χ1v) is 7.31. The van der Waals surface area contributed by atoms with Crippen LogP contribution in [0.3, 0.4) is 0 Å². The fourth-order valence-electron chi connectivity index (χ4n) is 3.16. The number of Topliss-reactive ketones (excluding diaryl/α,β-unsaturated/α-hetero) is 1. The van der Waals surface area contributed by atoms with Crippen LogP contribution in [-0.2, 0) is 14.3 Å². The van der Waals surface area contributed by atoms with Crippen LogP contribution < -0.4 is 0 Å². The topological polar surface area (TPSA) is 55.8 Å². The molecule has 1 aromatic rings. The average molecular weight is 289 g/mol. The molecule has 1 amide bonds. The maximum Gasteiger partial charge on any atom is 0.413 e. The van der Waals surface area contributed by atoms with Gasteiger partial charge in [0.15, 0.2) is 5.78 Å². The standard InChI is InChI=1S/C16H19NO4/c1-12(18)16(9-5-6-10-21-16)17-14(11-20-15(17)19)13-7-3-2-4-8-13/h2-4,7-8,14H,5-6,9-11H2,1H3/t14-,16-/m0/s1. The molecule has 0 aliphatic carbocycles. The van der Waals surface area contributed by atoms with Gasteiger partial charge >= 0.3 is 6.09 Å². The number of cyclic esters (lactones) is 1. The molecule has 2 aliphatic heterocycles. The fraction of sp³-hybridized carbons (Fsp3) is 0.500. The molecule has 0 saturated carbocycles. The predicted molar refractivity (Wildman–Crippen MR) is 75.6 cm³/mol. The van der Waals surface area contributed by atoms with Gasteiger partial charge in [-0.05, 0) is 25.3 Å². The zero-order chi connectivity index (χ0) is 14.9. The SMILES string of the molecule is CC(=O)[C@]1(N2C(=O)OC[C@H]2c2ccccc2)CCCCO1.